The standard InChI is InChI=1S/C22H29N5O2S/c1-16-9-10-18(25-21(29)24-17-7-5-4-6-8-17)13-19(16)26-20(28)23-14-22(27(2)3)11-12-30-15-22/h4-10,13H,11-12,14-15H2,1-3H3,(H2,23,26,28)(H2,24,25,29). The number of hydrogen-bond donors (Lipinski definition) is 4. The van der Waals surface area contributed by atoms with Gasteiger partial charge in [0.2, 0.25) is 0 Å². The van der Waals surface area contributed by atoms with Crippen LogP contribution in [0.3, 0.4) is 0 Å². The summed E-state index contributed by atoms with van der Waals surface area (Å²) < 4.78 is 0. The topological polar surface area (TPSA) is 85.5 Å². The molecule has 1 fully saturated rings. The number of rotatable bonds is 6. The monoisotopic (exact) mass is 427 g/mol. The van der Waals surface area contributed by atoms with Crippen LogP contribution >= 0.6 is 11.8 Å². The van der Waals surface area contributed by atoms with Crippen LogP contribution in [0.5, 0.6) is 0 Å². The number of aryl methyl sites for hydroxylation is 1. The Morgan fingerprint density at radius 3 is 2.40 bits per heavy atom. The first-order valence-electron chi connectivity index (χ1n) is 9.92. The minimum atomic E-state index is -0.341. The maximum absolute atomic E-state index is 12.5. The van der Waals surface area contributed by atoms with Crippen LogP contribution in [-0.4, -0.2) is 54.6 Å². The zero-order valence-electron chi connectivity index (χ0n) is 17.6. The molecule has 0 radical (unpaired) electrons. The van der Waals surface area contributed by atoms with Gasteiger partial charge in [-0.25, -0.2) is 9.59 Å². The van der Waals surface area contributed by atoms with Gasteiger partial charge in [-0.3, -0.25) is 0 Å². The van der Waals surface area contributed by atoms with E-state index in [-0.39, 0.29) is 17.6 Å². The summed E-state index contributed by atoms with van der Waals surface area (Å²) in [5.41, 5.74) is 2.87. The average Bonchev–Trinajstić information content (AvgIpc) is 3.20. The molecule has 4 amide bonds. The molecule has 2 aromatic rings. The van der Waals surface area contributed by atoms with Crippen molar-refractivity contribution in [2.24, 2.45) is 0 Å². The lowest BCUT2D eigenvalue weighted by atomic mass is 9.97. The molecule has 0 bridgehead atoms. The van der Waals surface area contributed by atoms with Crippen molar-refractivity contribution >= 4 is 40.9 Å². The second kappa shape index (κ2) is 9.86. The van der Waals surface area contributed by atoms with Crippen LogP contribution in [0.25, 0.3) is 0 Å². The number of para-hydroxylation sites is 1. The van der Waals surface area contributed by atoms with Gasteiger partial charge in [-0.15, -0.1) is 0 Å². The van der Waals surface area contributed by atoms with Gasteiger partial charge in [0.05, 0.1) is 0 Å². The van der Waals surface area contributed by atoms with Crippen molar-refractivity contribution in [2.75, 3.05) is 48.1 Å². The summed E-state index contributed by atoms with van der Waals surface area (Å²) in [4.78, 5) is 26.9. The van der Waals surface area contributed by atoms with Gasteiger partial charge in [0.25, 0.3) is 0 Å². The molecule has 8 heteroatoms. The Bertz CT molecular complexity index is 882. The summed E-state index contributed by atoms with van der Waals surface area (Å²) in [6, 6.07) is 14.1. The van der Waals surface area contributed by atoms with Gasteiger partial charge in [0, 0.05) is 34.9 Å². The molecule has 1 saturated heterocycles. The predicted octanol–water partition coefficient (Wildman–Crippen LogP) is 4.20. The van der Waals surface area contributed by atoms with Gasteiger partial charge in [-0.05, 0) is 63.0 Å². The first-order chi connectivity index (χ1) is 14.4. The Morgan fingerprint density at radius 1 is 1.00 bits per heavy atom. The van der Waals surface area contributed by atoms with Crippen LogP contribution in [-0.2, 0) is 0 Å². The van der Waals surface area contributed by atoms with Crippen LogP contribution in [0.1, 0.15) is 12.0 Å². The molecule has 1 atom stereocenters. The van der Waals surface area contributed by atoms with E-state index in [2.05, 4.69) is 40.3 Å². The van der Waals surface area contributed by atoms with Crippen LogP contribution < -0.4 is 21.3 Å². The summed E-state index contributed by atoms with van der Waals surface area (Å²) in [7, 11) is 4.12. The van der Waals surface area contributed by atoms with Crippen LogP contribution in [0.15, 0.2) is 48.5 Å². The number of thioether (sulfide) groups is 1. The lowest BCUT2D eigenvalue weighted by Crippen LogP contribution is -2.53. The molecular weight excluding hydrogens is 398 g/mol. The fourth-order valence-corrected chi connectivity index (χ4v) is 4.86. The number of amides is 4. The second-order valence-electron chi connectivity index (χ2n) is 7.70. The Balaban J connectivity index is 1.58. The molecule has 1 heterocycles. The molecule has 3 rings (SSSR count). The first kappa shape index (κ1) is 22.0. The Labute approximate surface area is 182 Å². The molecule has 30 heavy (non-hydrogen) atoms. The van der Waals surface area contributed by atoms with Crippen LogP contribution in [0.4, 0.5) is 26.7 Å². The lowest BCUT2D eigenvalue weighted by Gasteiger charge is -2.35. The maximum atomic E-state index is 12.5. The summed E-state index contributed by atoms with van der Waals surface area (Å²) in [6.45, 7) is 2.51. The third-order valence-electron chi connectivity index (χ3n) is 5.38. The summed E-state index contributed by atoms with van der Waals surface area (Å²) in [6.07, 6.45) is 1.06. The van der Waals surface area contributed by atoms with Gasteiger partial charge < -0.3 is 26.2 Å². The van der Waals surface area contributed by atoms with Crippen molar-refractivity contribution in [2.45, 2.75) is 18.9 Å². The zero-order chi connectivity index (χ0) is 21.6. The number of urea groups is 2. The number of nitrogens with one attached hydrogen (secondary N) is 4. The molecule has 1 aliphatic heterocycles. The molecule has 2 aromatic carbocycles. The Kier molecular flexibility index (Phi) is 7.23. The Hall–Kier alpha value is -2.71. The molecule has 7 nitrogen and oxygen atoms in total. The summed E-state index contributed by atoms with van der Waals surface area (Å²) in [5.74, 6) is 2.12. The highest BCUT2D eigenvalue weighted by atomic mass is 32.2. The number of carbonyl (C=O) groups excluding carboxylic acids is 2. The van der Waals surface area contributed by atoms with Gasteiger partial charge in [0.15, 0.2) is 0 Å². The maximum Gasteiger partial charge on any atom is 0.323 e. The number of hydrogen-bond acceptors (Lipinski definition) is 4. The molecule has 1 unspecified atom stereocenters. The van der Waals surface area contributed by atoms with Gasteiger partial charge in [-0.1, -0.05) is 24.3 Å². The quantitative estimate of drug-likeness (QED) is 0.557. The number of benzene rings is 2. The van der Waals surface area contributed by atoms with Crippen molar-refractivity contribution in [3.63, 3.8) is 0 Å². The zero-order valence-corrected chi connectivity index (χ0v) is 18.4. The number of likely N-dealkylation sites (N-methyl/N-ethyl adjacent to an activating group) is 1. The first-order valence-corrected chi connectivity index (χ1v) is 11.1. The van der Waals surface area contributed by atoms with Crippen molar-refractivity contribution < 1.29 is 9.59 Å². The lowest BCUT2D eigenvalue weighted by molar-refractivity contribution is 0.176. The number of carbonyl (C=O) groups is 2. The van der Waals surface area contributed by atoms with Gasteiger partial charge in [-0.2, -0.15) is 11.8 Å². The fraction of sp³-hybridized carbons (Fsp3) is 0.364. The molecule has 0 spiro atoms. The molecular formula is C22H29N5O2S. The van der Waals surface area contributed by atoms with E-state index in [4.69, 9.17) is 0 Å². The molecule has 4 N–H and O–H groups in total. The smallest absolute Gasteiger partial charge is 0.323 e. The van der Waals surface area contributed by atoms with E-state index >= 15 is 0 Å². The molecule has 0 aliphatic carbocycles. The summed E-state index contributed by atoms with van der Waals surface area (Å²) in [5, 5.41) is 11.5. The number of nitrogens with zero attached hydrogens (tertiary/aromatic N) is 1. The van der Waals surface area contributed by atoms with Crippen molar-refractivity contribution in [1.29, 1.82) is 0 Å². The fourth-order valence-electron chi connectivity index (χ4n) is 3.31. The molecule has 160 valence electrons. The highest BCUT2D eigenvalue weighted by Gasteiger charge is 2.36. The van der Waals surface area contributed by atoms with E-state index in [9.17, 15) is 9.59 Å². The van der Waals surface area contributed by atoms with Crippen molar-refractivity contribution in [3.05, 3.63) is 54.1 Å². The van der Waals surface area contributed by atoms with E-state index in [1.165, 1.54) is 0 Å². The van der Waals surface area contributed by atoms with Gasteiger partial charge >= 0.3 is 12.1 Å². The Morgan fingerprint density at radius 2 is 1.73 bits per heavy atom. The van der Waals surface area contributed by atoms with Crippen molar-refractivity contribution in [1.82, 2.24) is 10.2 Å². The SMILES string of the molecule is Cc1ccc(NC(=O)Nc2ccccc2)cc1NC(=O)NCC1(N(C)C)CCSC1. The van der Waals surface area contributed by atoms with E-state index in [0.29, 0.717) is 23.6 Å². The highest BCUT2D eigenvalue weighted by molar-refractivity contribution is 7.99. The molecule has 0 saturated carbocycles. The largest absolute Gasteiger partial charge is 0.336 e. The molecule has 1 aliphatic rings. The minimum absolute atomic E-state index is 0.00399. The van der Waals surface area contributed by atoms with Crippen LogP contribution in [0.2, 0.25) is 0 Å². The minimum Gasteiger partial charge on any atom is -0.336 e. The predicted molar refractivity (Wildman–Crippen MR) is 126 cm³/mol. The third-order valence-corrected chi connectivity index (χ3v) is 6.62. The van der Waals surface area contributed by atoms with Gasteiger partial charge in [0.1, 0.15) is 0 Å². The van der Waals surface area contributed by atoms with E-state index in [1.54, 1.807) is 12.1 Å². The normalized spacial score (nSPS) is 18.1. The second-order valence-corrected chi connectivity index (χ2v) is 8.81. The van der Waals surface area contributed by atoms with E-state index < -0.39 is 0 Å². The molecule has 0 aromatic heterocycles. The highest BCUT2D eigenvalue weighted by Crippen LogP contribution is 2.31. The average molecular weight is 428 g/mol. The number of anilines is 3. The van der Waals surface area contributed by atoms with E-state index in [1.807, 2.05) is 55.1 Å². The summed E-state index contributed by atoms with van der Waals surface area (Å²) >= 11 is 1.92. The van der Waals surface area contributed by atoms with Crippen molar-refractivity contribution in [3.8, 4) is 0 Å². The van der Waals surface area contributed by atoms with Crippen LogP contribution in [0, 0.1) is 6.92 Å². The third kappa shape index (κ3) is 5.67. The van der Waals surface area contributed by atoms with E-state index in [0.717, 1.165) is 23.5 Å².